The van der Waals surface area contributed by atoms with E-state index in [1.807, 2.05) is 0 Å². The van der Waals surface area contributed by atoms with Crippen LogP contribution in [0.3, 0.4) is 0 Å². The standard InChI is InChI=1S/C17H30N6O7S/c1-8(21-15(27)9(18)7-13(20)25)14(26)22-10(5-6-31-2)16(28)23-11(17(29)30)3-4-12(19)24/h8-11H,3-7,18H2,1-2H3,(H2,19,24)(H2,20,25)(H,21,27)(H,22,26)(H,23,28)(H,29,30). The zero-order valence-corrected chi connectivity index (χ0v) is 18.2. The van der Waals surface area contributed by atoms with E-state index < -0.39 is 66.1 Å². The van der Waals surface area contributed by atoms with E-state index in [1.54, 1.807) is 6.26 Å². The molecule has 0 aliphatic heterocycles. The first-order valence-electron chi connectivity index (χ1n) is 9.34. The van der Waals surface area contributed by atoms with Gasteiger partial charge in [-0.3, -0.25) is 24.0 Å². The molecule has 0 aliphatic rings. The minimum atomic E-state index is -1.36. The molecule has 0 bridgehead atoms. The quantitative estimate of drug-likeness (QED) is 0.129. The van der Waals surface area contributed by atoms with Crippen LogP contribution in [0.1, 0.15) is 32.6 Å². The fourth-order valence-electron chi connectivity index (χ4n) is 2.31. The molecule has 0 spiro atoms. The Morgan fingerprint density at radius 1 is 0.871 bits per heavy atom. The third-order valence-electron chi connectivity index (χ3n) is 4.05. The van der Waals surface area contributed by atoms with Crippen LogP contribution in [0.4, 0.5) is 0 Å². The molecule has 0 aromatic heterocycles. The van der Waals surface area contributed by atoms with Gasteiger partial charge >= 0.3 is 5.97 Å². The summed E-state index contributed by atoms with van der Waals surface area (Å²) in [5, 5.41) is 16.3. The average Bonchev–Trinajstić information content (AvgIpc) is 2.66. The number of hydrogen-bond acceptors (Lipinski definition) is 8. The number of amides is 5. The Morgan fingerprint density at radius 2 is 1.45 bits per heavy atom. The van der Waals surface area contributed by atoms with Gasteiger partial charge in [-0.25, -0.2) is 4.79 Å². The summed E-state index contributed by atoms with van der Waals surface area (Å²) in [5.41, 5.74) is 15.5. The third-order valence-corrected chi connectivity index (χ3v) is 4.69. The molecule has 4 unspecified atom stereocenters. The van der Waals surface area contributed by atoms with Crippen molar-refractivity contribution in [3.63, 3.8) is 0 Å². The Kier molecular flexibility index (Phi) is 12.9. The number of carbonyl (C=O) groups is 6. The summed E-state index contributed by atoms with van der Waals surface area (Å²) in [6.07, 6.45) is 1.12. The number of nitrogens with one attached hydrogen (secondary N) is 3. The molecule has 31 heavy (non-hydrogen) atoms. The molecule has 0 aliphatic carbocycles. The number of thioether (sulfide) groups is 1. The molecule has 13 nitrogen and oxygen atoms in total. The molecule has 0 saturated carbocycles. The highest BCUT2D eigenvalue weighted by Gasteiger charge is 2.28. The van der Waals surface area contributed by atoms with Gasteiger partial charge in [0.2, 0.25) is 29.5 Å². The van der Waals surface area contributed by atoms with Crippen LogP contribution < -0.4 is 33.2 Å². The van der Waals surface area contributed by atoms with Gasteiger partial charge in [0, 0.05) is 6.42 Å². The second kappa shape index (κ2) is 14.2. The Morgan fingerprint density at radius 3 is 1.94 bits per heavy atom. The predicted octanol–water partition coefficient (Wildman–Crippen LogP) is -3.23. The summed E-state index contributed by atoms with van der Waals surface area (Å²) in [6, 6.07) is -4.78. The number of carboxylic acid groups (broad SMARTS) is 1. The van der Waals surface area contributed by atoms with Crippen LogP contribution in [0.5, 0.6) is 0 Å². The molecule has 0 aromatic carbocycles. The van der Waals surface area contributed by atoms with Crippen molar-refractivity contribution in [2.75, 3.05) is 12.0 Å². The molecular weight excluding hydrogens is 432 g/mol. The minimum absolute atomic E-state index is 0.183. The fourth-order valence-corrected chi connectivity index (χ4v) is 2.78. The minimum Gasteiger partial charge on any atom is -0.480 e. The summed E-state index contributed by atoms with van der Waals surface area (Å²) in [4.78, 5) is 69.9. The summed E-state index contributed by atoms with van der Waals surface area (Å²) >= 11 is 1.40. The van der Waals surface area contributed by atoms with Crippen molar-refractivity contribution in [1.82, 2.24) is 16.0 Å². The molecule has 0 aromatic rings. The molecule has 0 radical (unpaired) electrons. The average molecular weight is 463 g/mol. The van der Waals surface area contributed by atoms with Crippen LogP contribution in [-0.2, 0) is 28.8 Å². The summed E-state index contributed by atoms with van der Waals surface area (Å²) < 4.78 is 0. The molecule has 176 valence electrons. The topological polar surface area (TPSA) is 237 Å². The monoisotopic (exact) mass is 462 g/mol. The number of rotatable bonds is 15. The fraction of sp³-hybridized carbons (Fsp3) is 0.647. The summed E-state index contributed by atoms with van der Waals surface area (Å²) in [6.45, 7) is 1.35. The van der Waals surface area contributed by atoms with Crippen LogP contribution in [-0.4, -0.2) is 76.8 Å². The number of primary amides is 2. The molecule has 10 N–H and O–H groups in total. The van der Waals surface area contributed by atoms with Gasteiger partial charge < -0.3 is 38.3 Å². The predicted molar refractivity (Wildman–Crippen MR) is 112 cm³/mol. The van der Waals surface area contributed by atoms with Gasteiger partial charge in [0.25, 0.3) is 0 Å². The Labute approximate surface area is 183 Å². The zero-order valence-electron chi connectivity index (χ0n) is 17.4. The maximum Gasteiger partial charge on any atom is 0.326 e. The normalized spacial score (nSPS) is 14.4. The first-order valence-corrected chi connectivity index (χ1v) is 10.7. The first kappa shape index (κ1) is 28.1. The van der Waals surface area contributed by atoms with E-state index in [4.69, 9.17) is 17.2 Å². The lowest BCUT2D eigenvalue weighted by Gasteiger charge is -2.23. The molecule has 4 atom stereocenters. The van der Waals surface area contributed by atoms with Crippen molar-refractivity contribution in [2.24, 2.45) is 17.2 Å². The van der Waals surface area contributed by atoms with Gasteiger partial charge in [-0.2, -0.15) is 11.8 Å². The number of carbonyl (C=O) groups excluding carboxylic acids is 5. The lowest BCUT2D eigenvalue weighted by molar-refractivity contribution is -0.142. The Bertz CT molecular complexity index is 690. The van der Waals surface area contributed by atoms with Crippen molar-refractivity contribution < 1.29 is 33.9 Å². The van der Waals surface area contributed by atoms with Crippen LogP contribution in [0.15, 0.2) is 0 Å². The number of hydrogen-bond donors (Lipinski definition) is 7. The van der Waals surface area contributed by atoms with Gasteiger partial charge in [-0.1, -0.05) is 0 Å². The Hall–Kier alpha value is -2.87. The number of aliphatic carboxylic acids is 1. The van der Waals surface area contributed by atoms with E-state index in [2.05, 4.69) is 16.0 Å². The van der Waals surface area contributed by atoms with Crippen LogP contribution in [0, 0.1) is 0 Å². The Balaban J connectivity index is 5.08. The van der Waals surface area contributed by atoms with Crippen molar-refractivity contribution in [1.29, 1.82) is 0 Å². The lowest BCUT2D eigenvalue weighted by Crippen LogP contribution is -2.56. The highest BCUT2D eigenvalue weighted by molar-refractivity contribution is 7.98. The maximum atomic E-state index is 12.5. The molecular formula is C17H30N6O7S. The molecule has 5 amide bonds. The van der Waals surface area contributed by atoms with E-state index >= 15 is 0 Å². The molecule has 0 rings (SSSR count). The highest BCUT2D eigenvalue weighted by atomic mass is 32.2. The van der Waals surface area contributed by atoms with Crippen molar-refractivity contribution in [3.8, 4) is 0 Å². The SMILES string of the molecule is CSCCC(NC(=O)C(C)NC(=O)C(N)CC(N)=O)C(=O)NC(CCC(N)=O)C(=O)O. The van der Waals surface area contributed by atoms with Crippen LogP contribution in [0.2, 0.25) is 0 Å². The second-order valence-corrected chi connectivity index (χ2v) is 7.74. The van der Waals surface area contributed by atoms with Crippen molar-refractivity contribution in [3.05, 3.63) is 0 Å². The van der Waals surface area contributed by atoms with E-state index in [0.717, 1.165) is 0 Å². The smallest absolute Gasteiger partial charge is 0.326 e. The largest absolute Gasteiger partial charge is 0.480 e. The van der Waals surface area contributed by atoms with Crippen LogP contribution in [0.25, 0.3) is 0 Å². The van der Waals surface area contributed by atoms with Crippen molar-refractivity contribution >= 4 is 47.3 Å². The number of carboxylic acids is 1. The van der Waals surface area contributed by atoms with Gasteiger partial charge in [-0.15, -0.1) is 0 Å². The van der Waals surface area contributed by atoms with Gasteiger partial charge in [-0.05, 0) is 31.8 Å². The number of nitrogens with two attached hydrogens (primary N) is 3. The molecule has 0 saturated heterocycles. The molecule has 0 heterocycles. The molecule has 14 heteroatoms. The molecule has 0 fully saturated rings. The highest BCUT2D eigenvalue weighted by Crippen LogP contribution is 2.05. The lowest BCUT2D eigenvalue weighted by atomic mass is 10.1. The van der Waals surface area contributed by atoms with E-state index in [-0.39, 0.29) is 19.3 Å². The van der Waals surface area contributed by atoms with E-state index in [0.29, 0.717) is 5.75 Å². The van der Waals surface area contributed by atoms with Gasteiger partial charge in [0.15, 0.2) is 0 Å². The van der Waals surface area contributed by atoms with E-state index in [9.17, 15) is 33.9 Å². The van der Waals surface area contributed by atoms with Gasteiger partial charge in [0.05, 0.1) is 12.5 Å². The van der Waals surface area contributed by atoms with Gasteiger partial charge in [0.1, 0.15) is 18.1 Å². The summed E-state index contributed by atoms with van der Waals surface area (Å²) in [5.74, 6) is -4.63. The third kappa shape index (κ3) is 11.8. The zero-order chi connectivity index (χ0) is 24.1. The first-order chi connectivity index (χ1) is 14.4. The summed E-state index contributed by atoms with van der Waals surface area (Å²) in [7, 11) is 0. The van der Waals surface area contributed by atoms with Crippen LogP contribution >= 0.6 is 11.8 Å². The van der Waals surface area contributed by atoms with E-state index in [1.165, 1.54) is 18.7 Å². The maximum absolute atomic E-state index is 12.5. The second-order valence-electron chi connectivity index (χ2n) is 6.75. The van der Waals surface area contributed by atoms with Crippen molar-refractivity contribution in [2.45, 2.75) is 56.8 Å².